The predicted molar refractivity (Wildman–Crippen MR) is 121 cm³/mol. The topological polar surface area (TPSA) is 81.5 Å². The number of amides is 3. The Kier molecular flexibility index (Phi) is 4.05. The molecule has 0 saturated carbocycles. The highest BCUT2D eigenvalue weighted by Crippen LogP contribution is 2.59. The highest BCUT2D eigenvalue weighted by molar-refractivity contribution is 6.21. The molecule has 3 aromatic rings. The van der Waals surface area contributed by atoms with E-state index in [4.69, 9.17) is 0 Å². The van der Waals surface area contributed by atoms with Gasteiger partial charge in [-0.25, -0.2) is 0 Å². The van der Waals surface area contributed by atoms with Gasteiger partial charge in [-0.1, -0.05) is 48.5 Å². The Morgan fingerprint density at radius 3 is 2.09 bits per heavy atom. The van der Waals surface area contributed by atoms with E-state index in [1.807, 2.05) is 42.5 Å². The number of nitriles is 1. The van der Waals surface area contributed by atoms with Gasteiger partial charge in [0.1, 0.15) is 5.92 Å². The minimum atomic E-state index is -0.856. The Balaban J connectivity index is 1.37. The van der Waals surface area contributed by atoms with Gasteiger partial charge in [0.05, 0.1) is 22.7 Å². The van der Waals surface area contributed by atoms with Crippen LogP contribution in [0.3, 0.4) is 0 Å². The fourth-order valence-corrected chi connectivity index (χ4v) is 5.79. The summed E-state index contributed by atoms with van der Waals surface area (Å²) in [6, 6.07) is 24.3. The molecule has 3 amide bonds. The Bertz CT molecular complexity index is 1370. The smallest absolute Gasteiger partial charge is 0.261 e. The number of anilines is 1. The van der Waals surface area contributed by atoms with Gasteiger partial charge in [-0.15, -0.1) is 0 Å². The van der Waals surface area contributed by atoms with Crippen LogP contribution in [-0.4, -0.2) is 29.2 Å². The molecule has 0 spiro atoms. The van der Waals surface area contributed by atoms with Crippen LogP contribution in [-0.2, 0) is 5.54 Å². The van der Waals surface area contributed by atoms with Gasteiger partial charge in [0, 0.05) is 17.8 Å². The zero-order valence-electron chi connectivity index (χ0n) is 17.7. The summed E-state index contributed by atoms with van der Waals surface area (Å²) in [6.45, 7) is 0.229. The first-order chi connectivity index (χ1) is 16.1. The first-order valence-corrected chi connectivity index (χ1v) is 11.0. The average Bonchev–Trinajstić information content (AvgIpc) is 3.38. The van der Waals surface area contributed by atoms with Crippen LogP contribution in [0.4, 0.5) is 5.69 Å². The Labute approximate surface area is 190 Å². The molecule has 6 nitrogen and oxygen atoms in total. The second kappa shape index (κ2) is 6.88. The third-order valence-corrected chi connectivity index (χ3v) is 7.14. The summed E-state index contributed by atoms with van der Waals surface area (Å²) < 4.78 is 0. The summed E-state index contributed by atoms with van der Waals surface area (Å²) in [5, 5.41) is 10.2. The minimum absolute atomic E-state index is 0.114. The van der Waals surface area contributed by atoms with Crippen molar-refractivity contribution in [3.05, 3.63) is 101 Å². The van der Waals surface area contributed by atoms with Crippen molar-refractivity contribution in [1.29, 1.82) is 5.26 Å². The second-order valence-electron chi connectivity index (χ2n) is 8.64. The van der Waals surface area contributed by atoms with Crippen LogP contribution in [0.25, 0.3) is 0 Å². The van der Waals surface area contributed by atoms with Crippen molar-refractivity contribution in [3.8, 4) is 6.07 Å². The molecule has 160 valence electrons. The van der Waals surface area contributed by atoms with Gasteiger partial charge in [-0.05, 0) is 48.2 Å². The Morgan fingerprint density at radius 1 is 0.788 bits per heavy atom. The molecule has 6 rings (SSSR count). The van der Waals surface area contributed by atoms with Crippen LogP contribution < -0.4 is 4.90 Å². The van der Waals surface area contributed by atoms with Crippen molar-refractivity contribution >= 4 is 23.4 Å². The number of fused-ring (bicyclic) bond motifs is 6. The summed E-state index contributed by atoms with van der Waals surface area (Å²) in [5.41, 5.74) is 3.02. The number of imide groups is 1. The fraction of sp³-hybridized carbons (Fsp3) is 0.185. The number of hydrogen-bond donors (Lipinski definition) is 0. The maximum Gasteiger partial charge on any atom is 0.261 e. The van der Waals surface area contributed by atoms with E-state index in [1.54, 1.807) is 35.2 Å². The van der Waals surface area contributed by atoms with Crippen LogP contribution in [0.5, 0.6) is 0 Å². The van der Waals surface area contributed by atoms with Crippen molar-refractivity contribution in [3.63, 3.8) is 0 Å². The number of benzene rings is 3. The van der Waals surface area contributed by atoms with Gasteiger partial charge in [0.15, 0.2) is 0 Å². The van der Waals surface area contributed by atoms with Gasteiger partial charge < -0.3 is 0 Å². The Hall–Kier alpha value is -4.24. The largest absolute Gasteiger partial charge is 0.296 e. The molecule has 0 radical (unpaired) electrons. The molecule has 2 atom stereocenters. The monoisotopic (exact) mass is 433 g/mol. The molecule has 3 aliphatic heterocycles. The van der Waals surface area contributed by atoms with E-state index >= 15 is 0 Å². The zero-order valence-corrected chi connectivity index (χ0v) is 17.7. The number of nitrogens with zero attached hydrogens (tertiary/aromatic N) is 3. The molecule has 6 heteroatoms. The molecular weight excluding hydrogens is 414 g/mol. The molecule has 0 aromatic heterocycles. The average molecular weight is 433 g/mol. The number of para-hydroxylation sites is 1. The summed E-state index contributed by atoms with van der Waals surface area (Å²) in [4.78, 5) is 42.1. The van der Waals surface area contributed by atoms with Crippen LogP contribution in [0.2, 0.25) is 0 Å². The number of carbonyl (C=O) groups excluding carboxylic acids is 3. The highest BCUT2D eigenvalue weighted by atomic mass is 16.2. The molecule has 0 N–H and O–H groups in total. The molecule has 3 aliphatic rings. The molecule has 0 fully saturated rings. The SMILES string of the molecule is N#C[C@H]1c2ccccc2N2C(=O)c3ccccc3[C@@]12CCCN1C(=O)c2ccccc2C1=O. The molecule has 3 heterocycles. The first kappa shape index (κ1) is 19.4. The summed E-state index contributed by atoms with van der Waals surface area (Å²) in [7, 11) is 0. The van der Waals surface area contributed by atoms with Crippen LogP contribution in [0, 0.1) is 11.3 Å². The van der Waals surface area contributed by atoms with Crippen molar-refractivity contribution in [2.45, 2.75) is 24.3 Å². The normalized spacial score (nSPS) is 22.2. The van der Waals surface area contributed by atoms with Crippen LogP contribution in [0.15, 0.2) is 72.8 Å². The van der Waals surface area contributed by atoms with E-state index in [-0.39, 0.29) is 24.3 Å². The van der Waals surface area contributed by atoms with E-state index in [2.05, 4.69) is 6.07 Å². The summed E-state index contributed by atoms with van der Waals surface area (Å²) in [6.07, 6.45) is 0.922. The van der Waals surface area contributed by atoms with Crippen molar-refractivity contribution in [2.24, 2.45) is 0 Å². The maximum atomic E-state index is 13.5. The maximum absolute atomic E-state index is 13.5. The lowest BCUT2D eigenvalue weighted by Gasteiger charge is -2.36. The van der Waals surface area contributed by atoms with Gasteiger partial charge in [0.25, 0.3) is 17.7 Å². The Morgan fingerprint density at radius 2 is 1.39 bits per heavy atom. The third kappa shape index (κ3) is 2.39. The second-order valence-corrected chi connectivity index (χ2v) is 8.64. The van der Waals surface area contributed by atoms with Crippen molar-refractivity contribution < 1.29 is 14.4 Å². The lowest BCUT2D eigenvalue weighted by Crippen LogP contribution is -2.44. The van der Waals surface area contributed by atoms with E-state index < -0.39 is 11.5 Å². The lowest BCUT2D eigenvalue weighted by molar-refractivity contribution is 0.0646. The fourth-order valence-electron chi connectivity index (χ4n) is 5.79. The first-order valence-electron chi connectivity index (χ1n) is 11.0. The van der Waals surface area contributed by atoms with E-state index in [0.717, 1.165) is 16.8 Å². The van der Waals surface area contributed by atoms with E-state index in [1.165, 1.54) is 4.90 Å². The highest BCUT2D eigenvalue weighted by Gasteiger charge is 2.60. The molecule has 33 heavy (non-hydrogen) atoms. The molecule has 3 aromatic carbocycles. The van der Waals surface area contributed by atoms with Gasteiger partial charge in [0.2, 0.25) is 0 Å². The van der Waals surface area contributed by atoms with E-state index in [0.29, 0.717) is 29.5 Å². The molecular formula is C27H19N3O3. The summed E-state index contributed by atoms with van der Waals surface area (Å²) >= 11 is 0. The molecule has 0 bridgehead atoms. The standard InChI is InChI=1S/C27H19N3O3/c28-16-22-19-10-4-6-13-23(19)30-26(33)20-11-3-5-12-21(20)27(22,30)14-7-15-29-24(31)17-8-1-2-9-18(17)25(29)32/h1-6,8-13,22H,7,14-15H2/t22-,27-/m0/s1. The molecule has 0 aliphatic carbocycles. The van der Waals surface area contributed by atoms with Gasteiger partial charge in [-0.2, -0.15) is 5.26 Å². The number of hydrogen-bond acceptors (Lipinski definition) is 4. The lowest BCUT2D eigenvalue weighted by atomic mass is 9.75. The minimum Gasteiger partial charge on any atom is -0.296 e. The van der Waals surface area contributed by atoms with E-state index in [9.17, 15) is 19.6 Å². The summed E-state index contributed by atoms with van der Waals surface area (Å²) in [5.74, 6) is -1.24. The van der Waals surface area contributed by atoms with Crippen LogP contribution >= 0.6 is 0 Å². The van der Waals surface area contributed by atoms with Crippen molar-refractivity contribution in [1.82, 2.24) is 4.90 Å². The number of carbonyl (C=O) groups is 3. The zero-order chi connectivity index (χ0) is 22.7. The quantitative estimate of drug-likeness (QED) is 0.577. The predicted octanol–water partition coefficient (Wildman–Crippen LogP) is 4.24. The van der Waals surface area contributed by atoms with Gasteiger partial charge in [-0.3, -0.25) is 24.2 Å². The molecule has 0 saturated heterocycles. The van der Waals surface area contributed by atoms with Crippen LogP contribution in [0.1, 0.15) is 61.0 Å². The number of rotatable bonds is 4. The van der Waals surface area contributed by atoms with Gasteiger partial charge >= 0.3 is 0 Å². The van der Waals surface area contributed by atoms with Crippen molar-refractivity contribution in [2.75, 3.05) is 11.4 Å². The molecule has 0 unspecified atom stereocenters. The third-order valence-electron chi connectivity index (χ3n) is 7.14.